The Kier molecular flexibility index (Phi) is 4.57. The highest BCUT2D eigenvalue weighted by Crippen LogP contribution is 2.18. The zero-order valence-electron chi connectivity index (χ0n) is 12.8. The van der Waals surface area contributed by atoms with Crippen LogP contribution in [0.4, 0.5) is 0 Å². The summed E-state index contributed by atoms with van der Waals surface area (Å²) in [7, 11) is 0. The summed E-state index contributed by atoms with van der Waals surface area (Å²) in [6.07, 6.45) is 2.49. The maximum atomic E-state index is 12.2. The first-order valence-corrected chi connectivity index (χ1v) is 8.42. The molecule has 3 rings (SSSR count). The third-order valence-electron chi connectivity index (χ3n) is 3.72. The van der Waals surface area contributed by atoms with Gasteiger partial charge in [0, 0.05) is 29.6 Å². The summed E-state index contributed by atoms with van der Waals surface area (Å²) in [4.78, 5) is 28.1. The van der Waals surface area contributed by atoms with E-state index in [0.29, 0.717) is 12.8 Å². The normalized spacial score (nSPS) is 12.2. The lowest BCUT2D eigenvalue weighted by Crippen LogP contribution is -2.35. The Morgan fingerprint density at radius 3 is 2.83 bits per heavy atom. The lowest BCUT2D eigenvalue weighted by molar-refractivity contribution is -0.120. The van der Waals surface area contributed by atoms with E-state index in [4.69, 9.17) is 0 Å². The van der Waals surface area contributed by atoms with Crippen LogP contribution >= 0.6 is 11.3 Å². The number of carbonyl (C=O) groups is 2. The van der Waals surface area contributed by atoms with E-state index in [0.717, 1.165) is 21.3 Å². The number of ketones is 1. The van der Waals surface area contributed by atoms with Crippen LogP contribution in [0.3, 0.4) is 0 Å². The highest BCUT2D eigenvalue weighted by Gasteiger charge is 2.15. The molecule has 0 radical (unpaired) electrons. The van der Waals surface area contributed by atoms with Crippen molar-refractivity contribution in [3.63, 3.8) is 0 Å². The Hall–Kier alpha value is -2.40. The molecule has 0 saturated carbocycles. The summed E-state index contributed by atoms with van der Waals surface area (Å²) in [5, 5.41) is 5.85. The number of benzene rings is 1. The van der Waals surface area contributed by atoms with Crippen LogP contribution < -0.4 is 5.32 Å². The van der Waals surface area contributed by atoms with E-state index in [1.54, 1.807) is 0 Å². The number of hydrogen-bond donors (Lipinski definition) is 2. The molecule has 0 unspecified atom stereocenters. The number of aromatic nitrogens is 1. The number of fused-ring (bicyclic) bond motifs is 1. The molecule has 23 heavy (non-hydrogen) atoms. The number of nitrogens with one attached hydrogen (secondary N) is 2. The Morgan fingerprint density at radius 1 is 1.22 bits per heavy atom. The van der Waals surface area contributed by atoms with Gasteiger partial charge in [0.15, 0.2) is 5.78 Å². The van der Waals surface area contributed by atoms with Crippen molar-refractivity contribution in [1.29, 1.82) is 0 Å². The molecule has 0 aliphatic rings. The third kappa shape index (κ3) is 3.68. The summed E-state index contributed by atoms with van der Waals surface area (Å²) in [5.74, 6) is 0.00104. The molecule has 0 bridgehead atoms. The van der Waals surface area contributed by atoms with Gasteiger partial charge in [-0.2, -0.15) is 0 Å². The standard InChI is InChI=1S/C18H18N2O2S/c1-12(9-16(21)17-7-4-8-23-17)20-18(22)10-13-11-19-15-6-3-2-5-14(13)15/h2-8,11-12,19H,9-10H2,1H3,(H,20,22)/t12-/m0/s1. The summed E-state index contributed by atoms with van der Waals surface area (Å²) in [5.41, 5.74) is 1.99. The molecule has 0 saturated heterocycles. The second kappa shape index (κ2) is 6.79. The maximum absolute atomic E-state index is 12.2. The van der Waals surface area contributed by atoms with Crippen molar-refractivity contribution in [3.05, 3.63) is 58.4 Å². The second-order valence-electron chi connectivity index (χ2n) is 5.61. The van der Waals surface area contributed by atoms with Crippen LogP contribution in [0.15, 0.2) is 48.0 Å². The Balaban J connectivity index is 1.57. The van der Waals surface area contributed by atoms with Crippen molar-refractivity contribution in [2.75, 3.05) is 0 Å². The fourth-order valence-corrected chi connectivity index (χ4v) is 3.32. The number of para-hydroxylation sites is 1. The lowest BCUT2D eigenvalue weighted by Gasteiger charge is -2.12. The summed E-state index contributed by atoms with van der Waals surface area (Å²) >= 11 is 1.43. The number of carbonyl (C=O) groups excluding carboxylic acids is 2. The van der Waals surface area contributed by atoms with E-state index >= 15 is 0 Å². The second-order valence-corrected chi connectivity index (χ2v) is 6.56. The SMILES string of the molecule is C[C@@H](CC(=O)c1cccs1)NC(=O)Cc1c[nH]c2ccccc12. The van der Waals surface area contributed by atoms with E-state index in [-0.39, 0.29) is 17.7 Å². The minimum atomic E-state index is -0.178. The van der Waals surface area contributed by atoms with Crippen LogP contribution in [0, 0.1) is 0 Å². The zero-order valence-corrected chi connectivity index (χ0v) is 13.7. The monoisotopic (exact) mass is 326 g/mol. The fraction of sp³-hybridized carbons (Fsp3) is 0.222. The molecule has 0 aliphatic heterocycles. The maximum Gasteiger partial charge on any atom is 0.224 e. The predicted molar refractivity (Wildman–Crippen MR) is 92.9 cm³/mol. The van der Waals surface area contributed by atoms with Gasteiger partial charge in [0.1, 0.15) is 0 Å². The Labute approximate surface area is 138 Å². The predicted octanol–water partition coefficient (Wildman–Crippen LogP) is 3.55. The van der Waals surface area contributed by atoms with Gasteiger partial charge in [-0.1, -0.05) is 24.3 Å². The van der Waals surface area contributed by atoms with E-state index in [1.165, 1.54) is 11.3 Å². The van der Waals surface area contributed by atoms with Gasteiger partial charge >= 0.3 is 0 Å². The number of hydrogen-bond acceptors (Lipinski definition) is 3. The van der Waals surface area contributed by atoms with Crippen LogP contribution in [0.5, 0.6) is 0 Å². The van der Waals surface area contributed by atoms with Gasteiger partial charge < -0.3 is 10.3 Å². The molecule has 3 aromatic rings. The topological polar surface area (TPSA) is 62.0 Å². The van der Waals surface area contributed by atoms with Crippen molar-refractivity contribution in [1.82, 2.24) is 10.3 Å². The first-order valence-electron chi connectivity index (χ1n) is 7.54. The molecular weight excluding hydrogens is 308 g/mol. The quantitative estimate of drug-likeness (QED) is 0.681. The van der Waals surface area contributed by atoms with Gasteiger partial charge in [-0.3, -0.25) is 9.59 Å². The minimum absolute atomic E-state index is 0.0683. The highest BCUT2D eigenvalue weighted by molar-refractivity contribution is 7.12. The summed E-state index contributed by atoms with van der Waals surface area (Å²) in [6, 6.07) is 11.4. The van der Waals surface area contributed by atoms with Gasteiger partial charge in [0.2, 0.25) is 5.91 Å². The van der Waals surface area contributed by atoms with Gasteiger partial charge in [-0.15, -0.1) is 11.3 Å². The summed E-state index contributed by atoms with van der Waals surface area (Å²) in [6.45, 7) is 1.86. The molecule has 2 N–H and O–H groups in total. The minimum Gasteiger partial charge on any atom is -0.361 e. The van der Waals surface area contributed by atoms with Gasteiger partial charge in [0.25, 0.3) is 0 Å². The number of thiophene rings is 1. The zero-order chi connectivity index (χ0) is 16.2. The smallest absolute Gasteiger partial charge is 0.224 e. The number of amides is 1. The molecule has 0 fully saturated rings. The van der Waals surface area contributed by atoms with Crippen LogP contribution in [-0.4, -0.2) is 22.7 Å². The molecular formula is C18H18N2O2S. The van der Waals surface area contributed by atoms with Crippen molar-refractivity contribution in [2.45, 2.75) is 25.8 Å². The van der Waals surface area contributed by atoms with E-state index in [2.05, 4.69) is 10.3 Å². The van der Waals surface area contributed by atoms with Gasteiger partial charge in [0.05, 0.1) is 11.3 Å². The van der Waals surface area contributed by atoms with E-state index in [1.807, 2.05) is 54.9 Å². The molecule has 2 heterocycles. The average Bonchev–Trinajstić information content (AvgIpc) is 3.17. The molecule has 1 atom stereocenters. The number of aromatic amines is 1. The van der Waals surface area contributed by atoms with Crippen molar-refractivity contribution in [3.8, 4) is 0 Å². The van der Waals surface area contributed by atoms with Gasteiger partial charge in [-0.05, 0) is 30.0 Å². The van der Waals surface area contributed by atoms with E-state index < -0.39 is 0 Å². The number of Topliss-reactive ketones (excluding diaryl/α,β-unsaturated/α-hetero) is 1. The molecule has 4 nitrogen and oxygen atoms in total. The van der Waals surface area contributed by atoms with Crippen molar-refractivity contribution < 1.29 is 9.59 Å². The molecule has 2 aromatic heterocycles. The largest absolute Gasteiger partial charge is 0.361 e. The van der Waals surface area contributed by atoms with Crippen LogP contribution in [0.25, 0.3) is 10.9 Å². The number of H-pyrrole nitrogens is 1. The first kappa shape index (κ1) is 15.5. The highest BCUT2D eigenvalue weighted by atomic mass is 32.1. The third-order valence-corrected chi connectivity index (χ3v) is 4.63. The van der Waals surface area contributed by atoms with Crippen molar-refractivity contribution >= 4 is 33.9 Å². The Bertz CT molecular complexity index is 821. The average molecular weight is 326 g/mol. The Morgan fingerprint density at radius 2 is 2.04 bits per heavy atom. The van der Waals surface area contributed by atoms with E-state index in [9.17, 15) is 9.59 Å². The van der Waals surface area contributed by atoms with Crippen LogP contribution in [0.2, 0.25) is 0 Å². The molecule has 1 aromatic carbocycles. The molecule has 0 spiro atoms. The fourth-order valence-electron chi connectivity index (χ4n) is 2.64. The molecule has 0 aliphatic carbocycles. The molecule has 118 valence electrons. The molecule has 5 heteroatoms. The van der Waals surface area contributed by atoms with Gasteiger partial charge in [-0.25, -0.2) is 0 Å². The number of rotatable bonds is 6. The first-order chi connectivity index (χ1) is 11.1. The summed E-state index contributed by atoms with van der Waals surface area (Å²) < 4.78 is 0. The molecule has 1 amide bonds. The van der Waals surface area contributed by atoms with Crippen LogP contribution in [0.1, 0.15) is 28.6 Å². The van der Waals surface area contributed by atoms with Crippen molar-refractivity contribution in [2.24, 2.45) is 0 Å². The lowest BCUT2D eigenvalue weighted by atomic mass is 10.1. The van der Waals surface area contributed by atoms with Crippen LogP contribution in [-0.2, 0) is 11.2 Å².